The molecule has 0 aliphatic rings. The number of aliphatic carboxylic acids is 1. The zero-order valence-corrected chi connectivity index (χ0v) is 18.4. The van der Waals surface area contributed by atoms with E-state index in [4.69, 9.17) is 14.6 Å². The zero-order chi connectivity index (χ0) is 22.9. The second-order valence-electron chi connectivity index (χ2n) is 7.04. The van der Waals surface area contributed by atoms with Crippen LogP contribution in [0, 0.1) is 6.92 Å². The average Bonchev–Trinajstić information content (AvgIpc) is 2.78. The molecule has 0 saturated carbocycles. The fraction of sp³-hybridized carbons (Fsp3) is 0.208. The number of anilines is 2. The predicted molar refractivity (Wildman–Crippen MR) is 122 cm³/mol. The van der Waals surface area contributed by atoms with Gasteiger partial charge in [0.15, 0.2) is 0 Å². The first kappa shape index (κ1) is 23.3. The van der Waals surface area contributed by atoms with Crippen LogP contribution in [0.5, 0.6) is 11.5 Å². The fourth-order valence-electron chi connectivity index (χ4n) is 3.08. The number of hydrogen-bond donors (Lipinski definition) is 1. The second kappa shape index (κ2) is 11.3. The number of benzene rings is 3. The summed E-state index contributed by atoms with van der Waals surface area (Å²) in [7, 11) is 0. The van der Waals surface area contributed by atoms with Crippen LogP contribution in [-0.4, -0.2) is 33.1 Å². The molecule has 7 nitrogen and oxygen atoms in total. The molecule has 0 radical (unpaired) electrons. The summed E-state index contributed by atoms with van der Waals surface area (Å²) in [5, 5.41) is 8.87. The van der Waals surface area contributed by atoms with Crippen LogP contribution in [-0.2, 0) is 22.5 Å². The third kappa shape index (κ3) is 6.57. The van der Waals surface area contributed by atoms with Crippen LogP contribution in [0.1, 0.15) is 17.5 Å². The van der Waals surface area contributed by atoms with E-state index in [1.54, 1.807) is 42.5 Å². The topological polar surface area (TPSA) is 99.1 Å². The molecule has 0 aliphatic heterocycles. The maximum absolute atomic E-state index is 11.8. The van der Waals surface area contributed by atoms with E-state index in [2.05, 4.69) is 0 Å². The summed E-state index contributed by atoms with van der Waals surface area (Å²) in [6.07, 6.45) is 0.434. The molecule has 8 heteroatoms. The van der Waals surface area contributed by atoms with Crippen molar-refractivity contribution in [3.8, 4) is 11.5 Å². The predicted octanol–water partition coefficient (Wildman–Crippen LogP) is 4.40. The van der Waals surface area contributed by atoms with Crippen molar-refractivity contribution in [1.82, 2.24) is 0 Å². The summed E-state index contributed by atoms with van der Waals surface area (Å²) in [5.74, 6) is 0.366. The molecule has 0 aromatic heterocycles. The van der Waals surface area contributed by atoms with Gasteiger partial charge in [0.2, 0.25) is 0 Å². The molecule has 0 spiro atoms. The second-order valence-corrected chi connectivity index (χ2v) is 7.84. The van der Waals surface area contributed by atoms with Crippen molar-refractivity contribution >= 4 is 28.6 Å². The molecule has 0 saturated heterocycles. The summed E-state index contributed by atoms with van der Waals surface area (Å²) in [4.78, 5) is 10.8. The first-order chi connectivity index (χ1) is 15.4. The monoisotopic (exact) mass is 454 g/mol. The summed E-state index contributed by atoms with van der Waals surface area (Å²) >= 11 is -2.47. The van der Waals surface area contributed by atoms with Gasteiger partial charge in [-0.15, -0.1) is 0 Å². The van der Waals surface area contributed by atoms with Gasteiger partial charge in [-0.1, -0.05) is 35.9 Å². The number of nitrogens with zero attached hydrogens (tertiary/aromatic N) is 1. The Bertz CT molecular complexity index is 1050. The van der Waals surface area contributed by atoms with Crippen LogP contribution >= 0.6 is 0 Å². The SMILES string of the molecule is Cc1ccc(N(c2ccc(OCCOc3ccccc3CCC(=O)O)cc2)S(=O)[O-])cc1. The number of carboxylic acids is 1. The molecule has 3 aromatic carbocycles. The fourth-order valence-corrected chi connectivity index (χ4v) is 3.67. The molecule has 0 fully saturated rings. The molecule has 0 heterocycles. The lowest BCUT2D eigenvalue weighted by Crippen LogP contribution is -2.19. The Morgan fingerprint density at radius 1 is 0.938 bits per heavy atom. The van der Waals surface area contributed by atoms with Gasteiger partial charge >= 0.3 is 5.97 Å². The van der Waals surface area contributed by atoms with Gasteiger partial charge in [0.05, 0.1) is 22.6 Å². The summed E-state index contributed by atoms with van der Waals surface area (Å²) in [5.41, 5.74) is 2.92. The van der Waals surface area contributed by atoms with Crippen molar-refractivity contribution in [3.63, 3.8) is 0 Å². The molecule has 1 unspecified atom stereocenters. The van der Waals surface area contributed by atoms with Gasteiger partial charge < -0.3 is 19.1 Å². The van der Waals surface area contributed by atoms with E-state index in [9.17, 15) is 13.6 Å². The maximum Gasteiger partial charge on any atom is 0.303 e. The summed E-state index contributed by atoms with van der Waals surface area (Å²) in [6.45, 7) is 2.50. The van der Waals surface area contributed by atoms with Gasteiger partial charge in [0.25, 0.3) is 0 Å². The lowest BCUT2D eigenvalue weighted by Gasteiger charge is -2.26. The van der Waals surface area contributed by atoms with Crippen molar-refractivity contribution in [2.45, 2.75) is 19.8 Å². The molecule has 0 bridgehead atoms. The van der Waals surface area contributed by atoms with E-state index < -0.39 is 17.2 Å². The molecule has 168 valence electrons. The quantitative estimate of drug-likeness (QED) is 0.341. The number of para-hydroxylation sites is 1. The van der Waals surface area contributed by atoms with Crippen LogP contribution in [0.15, 0.2) is 72.8 Å². The Morgan fingerprint density at radius 2 is 1.53 bits per heavy atom. The first-order valence-electron chi connectivity index (χ1n) is 10.1. The minimum Gasteiger partial charge on any atom is -0.755 e. The zero-order valence-electron chi connectivity index (χ0n) is 17.6. The van der Waals surface area contributed by atoms with Crippen LogP contribution in [0.4, 0.5) is 11.4 Å². The Kier molecular flexibility index (Phi) is 8.24. The minimum atomic E-state index is -2.47. The average molecular weight is 455 g/mol. The van der Waals surface area contributed by atoms with Crippen LogP contribution in [0.2, 0.25) is 0 Å². The van der Waals surface area contributed by atoms with Crippen molar-refractivity contribution in [2.75, 3.05) is 17.5 Å². The minimum absolute atomic E-state index is 0.0387. The van der Waals surface area contributed by atoms with Gasteiger partial charge in [-0.05, 0) is 61.4 Å². The van der Waals surface area contributed by atoms with Gasteiger partial charge in [0.1, 0.15) is 24.7 Å². The van der Waals surface area contributed by atoms with E-state index in [0.29, 0.717) is 29.3 Å². The van der Waals surface area contributed by atoms with E-state index in [1.807, 2.05) is 37.3 Å². The Morgan fingerprint density at radius 3 is 2.16 bits per heavy atom. The van der Waals surface area contributed by atoms with Crippen molar-refractivity contribution < 1.29 is 28.1 Å². The van der Waals surface area contributed by atoms with Gasteiger partial charge in [-0.2, -0.15) is 0 Å². The third-order valence-corrected chi connectivity index (χ3v) is 5.40. The smallest absolute Gasteiger partial charge is 0.303 e. The Labute approximate surface area is 189 Å². The van der Waals surface area contributed by atoms with Crippen LogP contribution in [0.25, 0.3) is 0 Å². The number of carbonyl (C=O) groups is 1. The molecule has 32 heavy (non-hydrogen) atoms. The first-order valence-corrected chi connectivity index (χ1v) is 11.1. The maximum atomic E-state index is 11.8. The molecule has 0 amide bonds. The third-order valence-electron chi connectivity index (χ3n) is 4.68. The largest absolute Gasteiger partial charge is 0.755 e. The summed E-state index contributed by atoms with van der Waals surface area (Å²) in [6, 6.07) is 21.3. The van der Waals surface area contributed by atoms with E-state index in [-0.39, 0.29) is 19.6 Å². The molecule has 1 N–H and O–H groups in total. The number of ether oxygens (including phenoxy) is 2. The molecule has 3 aromatic rings. The van der Waals surface area contributed by atoms with Crippen LogP contribution in [0.3, 0.4) is 0 Å². The Hall–Kier alpha value is -3.36. The highest BCUT2D eigenvalue weighted by molar-refractivity contribution is 7.81. The van der Waals surface area contributed by atoms with E-state index in [0.717, 1.165) is 11.1 Å². The molecular formula is C24H24NO6S-. The Balaban J connectivity index is 1.56. The van der Waals surface area contributed by atoms with Gasteiger partial charge in [-0.3, -0.25) is 13.3 Å². The highest BCUT2D eigenvalue weighted by Crippen LogP contribution is 2.28. The van der Waals surface area contributed by atoms with E-state index in [1.165, 1.54) is 4.31 Å². The normalized spacial score (nSPS) is 11.6. The van der Waals surface area contributed by atoms with Crippen molar-refractivity contribution in [2.24, 2.45) is 0 Å². The van der Waals surface area contributed by atoms with Gasteiger partial charge in [-0.25, -0.2) is 0 Å². The lowest BCUT2D eigenvalue weighted by molar-refractivity contribution is -0.136. The number of rotatable bonds is 11. The molecule has 1 atom stereocenters. The molecule has 3 rings (SSSR count). The molecule has 0 aliphatic carbocycles. The number of hydrogen-bond acceptors (Lipinski definition) is 5. The lowest BCUT2D eigenvalue weighted by atomic mass is 10.1. The van der Waals surface area contributed by atoms with E-state index >= 15 is 0 Å². The van der Waals surface area contributed by atoms with Crippen molar-refractivity contribution in [3.05, 3.63) is 83.9 Å². The van der Waals surface area contributed by atoms with Crippen LogP contribution < -0.4 is 13.8 Å². The highest BCUT2D eigenvalue weighted by Gasteiger charge is 2.11. The van der Waals surface area contributed by atoms with Gasteiger partial charge in [0, 0.05) is 6.42 Å². The molecular weight excluding hydrogens is 430 g/mol. The summed E-state index contributed by atoms with van der Waals surface area (Å²) < 4.78 is 36.2. The standard InChI is InChI=1S/C24H25NO6S/c1-18-6-9-20(10-7-18)25(32(28)29)21-11-13-22(14-12-21)30-16-17-31-23-5-3-2-4-19(23)8-15-24(26)27/h2-7,9-14H,8,15-17H2,1H3,(H,26,27)(H,28,29)/p-1. The number of carboxylic acid groups (broad SMARTS) is 1. The highest BCUT2D eigenvalue weighted by atomic mass is 32.2. The van der Waals surface area contributed by atoms with Crippen molar-refractivity contribution in [1.29, 1.82) is 0 Å². The number of aryl methyl sites for hydroxylation is 2.